The molecule has 4 aromatic rings. The third kappa shape index (κ3) is 4.68. The van der Waals surface area contributed by atoms with Crippen molar-refractivity contribution in [3.8, 4) is 28.5 Å². The molecule has 0 aliphatic heterocycles. The van der Waals surface area contributed by atoms with E-state index in [1.54, 1.807) is 33.6 Å². The van der Waals surface area contributed by atoms with E-state index in [0.29, 0.717) is 18.0 Å². The molecule has 3 aromatic carbocycles. The van der Waals surface area contributed by atoms with Crippen molar-refractivity contribution in [1.29, 1.82) is 0 Å². The van der Waals surface area contributed by atoms with Gasteiger partial charge in [-0.2, -0.15) is 5.10 Å². The van der Waals surface area contributed by atoms with Gasteiger partial charge in [0, 0.05) is 16.5 Å². The van der Waals surface area contributed by atoms with Crippen molar-refractivity contribution in [3.63, 3.8) is 0 Å². The number of rotatable bonds is 8. The smallest absolute Gasteiger partial charge is 0.206 e. The molecule has 168 valence electrons. The maximum absolute atomic E-state index is 5.54. The fraction of sp³-hybridized carbons (Fsp3) is 0.154. The van der Waals surface area contributed by atoms with Gasteiger partial charge in [-0.15, -0.1) is 17.9 Å². The summed E-state index contributed by atoms with van der Waals surface area (Å²) in [7, 11) is 4.91. The molecular formula is C26H25N3O3S. The number of fused-ring (bicyclic) bond motifs is 1. The molecule has 0 N–H and O–H groups in total. The van der Waals surface area contributed by atoms with Gasteiger partial charge >= 0.3 is 0 Å². The van der Waals surface area contributed by atoms with Crippen LogP contribution in [-0.2, 0) is 0 Å². The number of ether oxygens (including phenoxy) is 3. The Labute approximate surface area is 196 Å². The van der Waals surface area contributed by atoms with Crippen LogP contribution in [0.25, 0.3) is 22.0 Å². The Morgan fingerprint density at radius 2 is 1.79 bits per heavy atom. The first kappa shape index (κ1) is 22.4. The van der Waals surface area contributed by atoms with Gasteiger partial charge in [0.25, 0.3) is 0 Å². The van der Waals surface area contributed by atoms with E-state index in [2.05, 4.69) is 41.2 Å². The van der Waals surface area contributed by atoms with Gasteiger partial charge < -0.3 is 14.2 Å². The molecule has 1 heterocycles. The van der Waals surface area contributed by atoms with E-state index in [0.717, 1.165) is 38.1 Å². The summed E-state index contributed by atoms with van der Waals surface area (Å²) in [4.78, 5) is 5.40. The monoisotopic (exact) mass is 459 g/mol. The predicted octanol–water partition coefficient (Wildman–Crippen LogP) is 5.36. The fourth-order valence-electron chi connectivity index (χ4n) is 3.50. The van der Waals surface area contributed by atoms with E-state index in [9.17, 15) is 0 Å². The van der Waals surface area contributed by atoms with Crippen LogP contribution < -0.4 is 19.0 Å². The molecule has 0 atom stereocenters. The molecule has 6 nitrogen and oxygen atoms in total. The minimum absolute atomic E-state index is 0.509. The number of hydrogen-bond acceptors (Lipinski definition) is 6. The first-order valence-electron chi connectivity index (χ1n) is 10.3. The molecule has 4 rings (SSSR count). The summed E-state index contributed by atoms with van der Waals surface area (Å²) in [6.07, 6.45) is 3.53. The molecule has 0 saturated heterocycles. The Kier molecular flexibility index (Phi) is 6.90. The zero-order valence-electron chi connectivity index (χ0n) is 18.8. The number of thiazole rings is 1. The zero-order chi connectivity index (χ0) is 23.2. The van der Waals surface area contributed by atoms with E-state index < -0.39 is 0 Å². The molecule has 1 aromatic heterocycles. The highest BCUT2D eigenvalue weighted by Gasteiger charge is 2.11. The van der Waals surface area contributed by atoms with Gasteiger partial charge in [-0.25, -0.2) is 4.68 Å². The summed E-state index contributed by atoms with van der Waals surface area (Å²) in [6, 6.07) is 18.1. The van der Waals surface area contributed by atoms with Gasteiger partial charge in [-0.3, -0.25) is 4.99 Å². The van der Waals surface area contributed by atoms with Crippen LogP contribution in [0.1, 0.15) is 5.56 Å². The SMILES string of the molecule is C=CCN=c1scc(-c2ccc3cc(OC)ccc3c2)n1N=Cc1cccc(OC)c1OC. The van der Waals surface area contributed by atoms with Gasteiger partial charge in [0.1, 0.15) is 5.75 Å². The largest absolute Gasteiger partial charge is 0.497 e. The summed E-state index contributed by atoms with van der Waals surface area (Å²) < 4.78 is 18.1. The van der Waals surface area contributed by atoms with Crippen LogP contribution in [0, 0.1) is 0 Å². The second-order valence-corrected chi connectivity index (χ2v) is 7.94. The van der Waals surface area contributed by atoms with E-state index >= 15 is 0 Å². The van der Waals surface area contributed by atoms with E-state index in [4.69, 9.17) is 19.3 Å². The summed E-state index contributed by atoms with van der Waals surface area (Å²) >= 11 is 1.53. The average Bonchev–Trinajstić information content (AvgIpc) is 3.27. The number of methoxy groups -OCH3 is 3. The molecule has 33 heavy (non-hydrogen) atoms. The molecule has 0 unspecified atom stereocenters. The zero-order valence-corrected chi connectivity index (χ0v) is 19.6. The lowest BCUT2D eigenvalue weighted by Gasteiger charge is -2.10. The van der Waals surface area contributed by atoms with Gasteiger partial charge in [-0.1, -0.05) is 30.3 Å². The second kappa shape index (κ2) is 10.2. The average molecular weight is 460 g/mol. The molecule has 0 aliphatic rings. The number of para-hydroxylation sites is 1. The highest BCUT2D eigenvalue weighted by atomic mass is 32.1. The first-order valence-corrected chi connectivity index (χ1v) is 11.2. The van der Waals surface area contributed by atoms with Crippen molar-refractivity contribution in [3.05, 3.63) is 83.0 Å². The van der Waals surface area contributed by atoms with Crippen molar-refractivity contribution in [2.45, 2.75) is 0 Å². The number of benzene rings is 3. The van der Waals surface area contributed by atoms with Crippen molar-refractivity contribution < 1.29 is 14.2 Å². The second-order valence-electron chi connectivity index (χ2n) is 7.10. The molecular weight excluding hydrogens is 434 g/mol. The molecule has 7 heteroatoms. The highest BCUT2D eigenvalue weighted by molar-refractivity contribution is 7.07. The van der Waals surface area contributed by atoms with Crippen LogP contribution in [0.4, 0.5) is 0 Å². The van der Waals surface area contributed by atoms with Crippen LogP contribution in [0.15, 0.2) is 82.7 Å². The molecule has 0 amide bonds. The maximum atomic E-state index is 5.54. The summed E-state index contributed by atoms with van der Waals surface area (Å²) in [6.45, 7) is 4.29. The van der Waals surface area contributed by atoms with E-state index in [1.165, 1.54) is 11.3 Å². The topological polar surface area (TPSA) is 57.3 Å². The summed E-state index contributed by atoms with van der Waals surface area (Å²) in [5.41, 5.74) is 2.79. The van der Waals surface area contributed by atoms with Crippen LogP contribution in [0.5, 0.6) is 17.2 Å². The molecule has 0 bridgehead atoms. The molecule has 0 saturated carbocycles. The maximum Gasteiger partial charge on any atom is 0.206 e. The van der Waals surface area contributed by atoms with Crippen molar-refractivity contribution in [2.24, 2.45) is 10.1 Å². The van der Waals surface area contributed by atoms with Gasteiger partial charge in [0.05, 0.1) is 39.8 Å². The Morgan fingerprint density at radius 1 is 0.970 bits per heavy atom. The van der Waals surface area contributed by atoms with Crippen molar-refractivity contribution >= 4 is 28.3 Å². The summed E-state index contributed by atoms with van der Waals surface area (Å²) in [5, 5.41) is 9.07. The Bertz CT molecular complexity index is 1390. The minimum Gasteiger partial charge on any atom is -0.497 e. The van der Waals surface area contributed by atoms with Gasteiger partial charge in [-0.05, 0) is 41.1 Å². The molecule has 0 aliphatic carbocycles. The lowest BCUT2D eigenvalue weighted by molar-refractivity contribution is 0.354. The number of aromatic nitrogens is 1. The van der Waals surface area contributed by atoms with Crippen molar-refractivity contribution in [2.75, 3.05) is 27.9 Å². The summed E-state index contributed by atoms with van der Waals surface area (Å²) in [5.74, 6) is 2.12. The Balaban J connectivity index is 1.82. The molecule has 0 fully saturated rings. The fourth-order valence-corrected chi connectivity index (χ4v) is 4.35. The predicted molar refractivity (Wildman–Crippen MR) is 135 cm³/mol. The lowest BCUT2D eigenvalue weighted by Crippen LogP contribution is -2.12. The molecule has 0 radical (unpaired) electrons. The highest BCUT2D eigenvalue weighted by Crippen LogP contribution is 2.30. The third-order valence-corrected chi connectivity index (χ3v) is 5.98. The van der Waals surface area contributed by atoms with E-state index in [1.807, 2.05) is 35.0 Å². The van der Waals surface area contributed by atoms with Crippen LogP contribution in [0.3, 0.4) is 0 Å². The number of hydrogen-bond donors (Lipinski definition) is 0. The van der Waals surface area contributed by atoms with Crippen LogP contribution in [-0.4, -0.2) is 38.8 Å². The Morgan fingerprint density at radius 3 is 2.55 bits per heavy atom. The Hall–Kier alpha value is -3.84. The first-order chi connectivity index (χ1) is 16.2. The minimum atomic E-state index is 0.509. The van der Waals surface area contributed by atoms with Gasteiger partial charge in [0.2, 0.25) is 4.80 Å². The van der Waals surface area contributed by atoms with Crippen LogP contribution >= 0.6 is 11.3 Å². The third-order valence-electron chi connectivity index (χ3n) is 5.13. The van der Waals surface area contributed by atoms with E-state index in [-0.39, 0.29) is 0 Å². The lowest BCUT2D eigenvalue weighted by atomic mass is 10.1. The van der Waals surface area contributed by atoms with Gasteiger partial charge in [0.15, 0.2) is 11.5 Å². The normalized spacial score (nSPS) is 11.8. The number of nitrogens with zero attached hydrogens (tertiary/aromatic N) is 3. The molecule has 0 spiro atoms. The van der Waals surface area contributed by atoms with Crippen molar-refractivity contribution in [1.82, 2.24) is 4.68 Å². The quantitative estimate of drug-likeness (QED) is 0.263. The standard InChI is InChI=1S/C26H25N3O3S/c1-5-13-27-26-29(28-16-21-7-6-8-24(31-3)25(21)32-4)23(17-33-26)20-10-9-19-15-22(30-2)12-11-18(19)14-20/h5-12,14-17H,1,13H2,2-4H3. The van der Waals surface area contributed by atoms with Crippen LogP contribution in [0.2, 0.25) is 0 Å².